The maximum Gasteiger partial charge on any atom is 0.328 e. The Labute approximate surface area is 129 Å². The average Bonchev–Trinajstić information content (AvgIpc) is 2.52. The molecule has 0 aromatic heterocycles. The molecule has 3 nitrogen and oxygen atoms in total. The Kier molecular flexibility index (Phi) is 4.50. The van der Waals surface area contributed by atoms with Gasteiger partial charge in [0.15, 0.2) is 0 Å². The summed E-state index contributed by atoms with van der Waals surface area (Å²) in [6.45, 7) is 6.24. The molecule has 0 saturated heterocycles. The molecule has 22 heavy (non-hydrogen) atoms. The van der Waals surface area contributed by atoms with Crippen molar-refractivity contribution in [1.29, 1.82) is 0 Å². The zero-order chi connectivity index (χ0) is 16.3. The summed E-state index contributed by atoms with van der Waals surface area (Å²) in [4.78, 5) is 10.7. The van der Waals surface area contributed by atoms with Gasteiger partial charge in [-0.25, -0.2) is 9.18 Å². The van der Waals surface area contributed by atoms with Gasteiger partial charge < -0.3 is 9.84 Å². The number of benzene rings is 1. The van der Waals surface area contributed by atoms with Crippen molar-refractivity contribution in [2.75, 3.05) is 6.61 Å². The van der Waals surface area contributed by atoms with Crippen LogP contribution in [0.4, 0.5) is 4.39 Å². The number of carbonyl (C=O) groups is 1. The maximum absolute atomic E-state index is 13.4. The SMILES string of the molecule is CC(/C=C/C1=Cc2cc(F)ccc2OCC1(C)C)=C\C(=O)O. The number of hydrogen-bond donors (Lipinski definition) is 1. The molecule has 1 heterocycles. The monoisotopic (exact) mass is 302 g/mol. The number of carboxylic acids is 1. The molecule has 1 aliphatic rings. The van der Waals surface area contributed by atoms with Gasteiger partial charge >= 0.3 is 5.97 Å². The third kappa shape index (κ3) is 3.85. The molecule has 0 amide bonds. The van der Waals surface area contributed by atoms with Crippen molar-refractivity contribution in [3.63, 3.8) is 0 Å². The van der Waals surface area contributed by atoms with E-state index in [1.54, 1.807) is 19.1 Å². The first kappa shape index (κ1) is 16.0. The molecule has 0 saturated carbocycles. The van der Waals surface area contributed by atoms with Gasteiger partial charge in [-0.05, 0) is 42.3 Å². The Hall–Kier alpha value is -2.36. The lowest BCUT2D eigenvalue weighted by molar-refractivity contribution is -0.131. The Balaban J connectivity index is 2.41. The minimum Gasteiger partial charge on any atom is -0.492 e. The number of carboxylic acid groups (broad SMARTS) is 1. The van der Waals surface area contributed by atoms with Gasteiger partial charge in [0, 0.05) is 17.1 Å². The molecule has 0 radical (unpaired) electrons. The van der Waals surface area contributed by atoms with Crippen molar-refractivity contribution in [3.05, 3.63) is 59.0 Å². The van der Waals surface area contributed by atoms with Gasteiger partial charge in [0.25, 0.3) is 0 Å². The predicted molar refractivity (Wildman–Crippen MR) is 84.2 cm³/mol. The number of allylic oxidation sites excluding steroid dienone is 3. The van der Waals surface area contributed by atoms with E-state index in [2.05, 4.69) is 0 Å². The van der Waals surface area contributed by atoms with Crippen molar-refractivity contribution in [2.45, 2.75) is 20.8 Å². The van der Waals surface area contributed by atoms with Crippen LogP contribution in [0.2, 0.25) is 0 Å². The number of fused-ring (bicyclic) bond motifs is 1. The highest BCUT2D eigenvalue weighted by Gasteiger charge is 2.26. The number of ether oxygens (including phenoxy) is 1. The third-order valence-electron chi connectivity index (χ3n) is 3.53. The van der Waals surface area contributed by atoms with Crippen LogP contribution in [-0.4, -0.2) is 17.7 Å². The first-order valence-electron chi connectivity index (χ1n) is 7.02. The number of aliphatic carboxylic acids is 1. The van der Waals surface area contributed by atoms with Gasteiger partial charge in [-0.15, -0.1) is 0 Å². The summed E-state index contributed by atoms with van der Waals surface area (Å²) in [5.41, 5.74) is 2.00. The Morgan fingerprint density at radius 1 is 1.41 bits per heavy atom. The Morgan fingerprint density at radius 3 is 2.82 bits per heavy atom. The van der Waals surface area contributed by atoms with Crippen LogP contribution in [0, 0.1) is 11.2 Å². The van der Waals surface area contributed by atoms with Gasteiger partial charge in [-0.2, -0.15) is 0 Å². The highest BCUT2D eigenvalue weighted by atomic mass is 19.1. The molecule has 116 valence electrons. The molecular formula is C18H19FO3. The van der Waals surface area contributed by atoms with Gasteiger partial charge in [-0.3, -0.25) is 0 Å². The molecule has 2 rings (SSSR count). The van der Waals surface area contributed by atoms with Gasteiger partial charge in [0.2, 0.25) is 0 Å². The van der Waals surface area contributed by atoms with Crippen molar-refractivity contribution in [3.8, 4) is 5.75 Å². The van der Waals surface area contributed by atoms with Gasteiger partial charge in [-0.1, -0.05) is 26.0 Å². The van der Waals surface area contributed by atoms with Crippen LogP contribution in [0.1, 0.15) is 26.3 Å². The summed E-state index contributed by atoms with van der Waals surface area (Å²) in [6, 6.07) is 4.43. The molecule has 1 N–H and O–H groups in total. The van der Waals surface area contributed by atoms with E-state index in [9.17, 15) is 9.18 Å². The molecule has 1 aromatic rings. The Bertz CT molecular complexity index is 682. The molecule has 0 unspecified atom stereocenters. The second-order valence-corrected chi connectivity index (χ2v) is 6.01. The molecule has 4 heteroatoms. The topological polar surface area (TPSA) is 46.5 Å². The van der Waals surface area contributed by atoms with E-state index in [-0.39, 0.29) is 11.2 Å². The van der Waals surface area contributed by atoms with E-state index in [1.807, 2.05) is 26.0 Å². The molecule has 1 aliphatic heterocycles. The first-order chi connectivity index (χ1) is 10.3. The summed E-state index contributed by atoms with van der Waals surface area (Å²) < 4.78 is 19.2. The minimum absolute atomic E-state index is 0.268. The summed E-state index contributed by atoms with van der Waals surface area (Å²) in [7, 11) is 0. The Morgan fingerprint density at radius 2 is 2.14 bits per heavy atom. The predicted octanol–water partition coefficient (Wildman–Crippen LogP) is 4.21. The van der Waals surface area contributed by atoms with Crippen LogP contribution in [0.25, 0.3) is 6.08 Å². The normalized spacial score (nSPS) is 17.5. The molecule has 0 aliphatic carbocycles. The average molecular weight is 302 g/mol. The molecule has 1 aromatic carbocycles. The lowest BCUT2D eigenvalue weighted by Gasteiger charge is -2.24. The summed E-state index contributed by atoms with van der Waals surface area (Å²) in [6.07, 6.45) is 6.63. The van der Waals surface area contributed by atoms with E-state index >= 15 is 0 Å². The number of rotatable bonds is 3. The molecule has 0 spiro atoms. The third-order valence-corrected chi connectivity index (χ3v) is 3.53. The maximum atomic E-state index is 13.4. The number of hydrogen-bond acceptors (Lipinski definition) is 2. The van der Waals surface area contributed by atoms with Crippen molar-refractivity contribution >= 4 is 12.0 Å². The van der Waals surface area contributed by atoms with Crippen LogP contribution in [0.15, 0.2) is 47.6 Å². The van der Waals surface area contributed by atoms with Crippen LogP contribution in [0.5, 0.6) is 5.75 Å². The largest absolute Gasteiger partial charge is 0.492 e. The second-order valence-electron chi connectivity index (χ2n) is 6.01. The molecule has 0 atom stereocenters. The van der Waals surface area contributed by atoms with Crippen molar-refractivity contribution in [2.24, 2.45) is 5.41 Å². The van der Waals surface area contributed by atoms with Crippen molar-refractivity contribution < 1.29 is 19.0 Å². The fourth-order valence-electron chi connectivity index (χ4n) is 2.21. The van der Waals surface area contributed by atoms with E-state index in [0.717, 1.165) is 11.6 Å². The van der Waals surface area contributed by atoms with Gasteiger partial charge in [0.1, 0.15) is 11.6 Å². The zero-order valence-corrected chi connectivity index (χ0v) is 12.9. The lowest BCUT2D eigenvalue weighted by Crippen LogP contribution is -2.21. The molecule has 0 fully saturated rings. The fourth-order valence-corrected chi connectivity index (χ4v) is 2.21. The highest BCUT2D eigenvalue weighted by Crippen LogP contribution is 2.36. The summed E-state index contributed by atoms with van der Waals surface area (Å²) in [5.74, 6) is -0.647. The first-order valence-corrected chi connectivity index (χ1v) is 7.02. The minimum atomic E-state index is -0.980. The number of halogens is 1. The smallest absolute Gasteiger partial charge is 0.328 e. The summed E-state index contributed by atoms with van der Waals surface area (Å²) >= 11 is 0. The van der Waals surface area contributed by atoms with Crippen LogP contribution >= 0.6 is 0 Å². The van der Waals surface area contributed by atoms with Crippen LogP contribution in [0.3, 0.4) is 0 Å². The van der Waals surface area contributed by atoms with E-state index < -0.39 is 5.97 Å². The van der Waals surface area contributed by atoms with Gasteiger partial charge in [0.05, 0.1) is 6.61 Å². The summed E-state index contributed by atoms with van der Waals surface area (Å²) in [5, 5.41) is 8.74. The quantitative estimate of drug-likeness (QED) is 0.672. The van der Waals surface area contributed by atoms with E-state index in [0.29, 0.717) is 23.5 Å². The zero-order valence-electron chi connectivity index (χ0n) is 12.9. The van der Waals surface area contributed by atoms with E-state index in [4.69, 9.17) is 9.84 Å². The van der Waals surface area contributed by atoms with Crippen LogP contribution in [-0.2, 0) is 4.79 Å². The fraction of sp³-hybridized carbons (Fsp3) is 0.278. The standard InChI is InChI=1S/C18H19FO3/c1-12(8-17(20)21)4-5-14-9-13-10-15(19)6-7-16(13)22-11-18(14,2)3/h4-10H,11H2,1-3H3,(H,20,21)/b5-4+,12-8+. The second kappa shape index (κ2) is 6.18. The van der Waals surface area contributed by atoms with E-state index in [1.165, 1.54) is 12.1 Å². The van der Waals surface area contributed by atoms with Crippen molar-refractivity contribution in [1.82, 2.24) is 0 Å². The highest BCUT2D eigenvalue weighted by molar-refractivity contribution is 5.81. The molecular weight excluding hydrogens is 283 g/mol. The lowest BCUT2D eigenvalue weighted by atomic mass is 9.84. The van der Waals surface area contributed by atoms with Crippen LogP contribution < -0.4 is 4.74 Å². The molecule has 0 bridgehead atoms.